The Hall–Kier alpha value is -1.61. The third-order valence-electron chi connectivity index (χ3n) is 5.50. The number of carbonyl (C=O) groups excluding carboxylic acids is 1. The average molecular weight is 522 g/mol. The molecule has 0 saturated carbocycles. The van der Waals surface area contributed by atoms with Crippen LogP contribution in [0.5, 0.6) is 0 Å². The van der Waals surface area contributed by atoms with Crippen molar-refractivity contribution < 1.29 is 4.79 Å². The zero-order valence-electron chi connectivity index (χ0n) is 16.9. The van der Waals surface area contributed by atoms with Gasteiger partial charge in [-0.05, 0) is 76.5 Å². The molecule has 1 aliphatic heterocycles. The molecule has 1 unspecified atom stereocenters. The summed E-state index contributed by atoms with van der Waals surface area (Å²) < 4.78 is 3.34. The van der Waals surface area contributed by atoms with E-state index in [2.05, 4.69) is 51.2 Å². The molecule has 1 amide bonds. The fourth-order valence-electron chi connectivity index (χ4n) is 3.93. The number of hydrogen-bond acceptors (Lipinski definition) is 4. The number of nitrogens with one attached hydrogen (secondary N) is 1. The van der Waals surface area contributed by atoms with Crippen molar-refractivity contribution in [3.8, 4) is 0 Å². The van der Waals surface area contributed by atoms with Crippen LogP contribution in [0.4, 0.5) is 5.13 Å². The standard InChI is InChI=1S/C22H27IN4OS/c1-15-10-20(21(28)25-19-7-6-17(23)11-16(19)2)27(12-15)13-18-14-29-22(24-18)26-8-4-3-5-9-26/h6-7,10,12,14,16H,3-5,8-9,11,13H2,1-2H3,(H,25,28). The third kappa shape index (κ3) is 4.94. The summed E-state index contributed by atoms with van der Waals surface area (Å²) >= 11 is 4.07. The Bertz CT molecular complexity index is 952. The van der Waals surface area contributed by atoms with Gasteiger partial charge in [0.2, 0.25) is 0 Å². The minimum atomic E-state index is -0.0482. The van der Waals surface area contributed by atoms with Crippen LogP contribution in [0.25, 0.3) is 0 Å². The van der Waals surface area contributed by atoms with Gasteiger partial charge in [0.05, 0.1) is 12.2 Å². The topological polar surface area (TPSA) is 50.2 Å². The first-order valence-electron chi connectivity index (χ1n) is 10.2. The van der Waals surface area contributed by atoms with E-state index in [4.69, 9.17) is 4.98 Å². The fraction of sp³-hybridized carbons (Fsp3) is 0.455. The van der Waals surface area contributed by atoms with Crippen LogP contribution in [0, 0.1) is 12.8 Å². The third-order valence-corrected chi connectivity index (χ3v) is 7.25. The van der Waals surface area contributed by atoms with E-state index in [0.717, 1.165) is 41.6 Å². The lowest BCUT2D eigenvalue weighted by atomic mass is 9.99. The Morgan fingerprint density at radius 2 is 2.10 bits per heavy atom. The van der Waals surface area contributed by atoms with E-state index in [1.807, 2.05) is 29.8 Å². The fourth-order valence-corrected chi connectivity index (χ4v) is 5.64. The van der Waals surface area contributed by atoms with E-state index in [9.17, 15) is 4.79 Å². The molecule has 1 atom stereocenters. The molecule has 7 heteroatoms. The number of aryl methyl sites for hydroxylation is 1. The summed E-state index contributed by atoms with van der Waals surface area (Å²) in [7, 11) is 0. The van der Waals surface area contributed by atoms with Gasteiger partial charge in [-0.15, -0.1) is 11.3 Å². The minimum Gasteiger partial charge on any atom is -0.348 e. The summed E-state index contributed by atoms with van der Waals surface area (Å²) in [5, 5.41) is 6.36. The number of aromatic nitrogens is 2. The van der Waals surface area contributed by atoms with Gasteiger partial charge in [0.1, 0.15) is 5.69 Å². The van der Waals surface area contributed by atoms with Crippen molar-refractivity contribution in [1.29, 1.82) is 0 Å². The maximum absolute atomic E-state index is 13.0. The van der Waals surface area contributed by atoms with Gasteiger partial charge in [0, 0.05) is 36.3 Å². The first kappa shape index (κ1) is 20.7. The molecule has 1 N–H and O–H groups in total. The molecular weight excluding hydrogens is 495 g/mol. The van der Waals surface area contributed by atoms with Crippen molar-refractivity contribution in [2.24, 2.45) is 5.92 Å². The van der Waals surface area contributed by atoms with E-state index in [1.54, 1.807) is 11.3 Å². The summed E-state index contributed by atoms with van der Waals surface area (Å²) in [5.74, 6) is 0.277. The molecule has 29 heavy (non-hydrogen) atoms. The predicted octanol–water partition coefficient (Wildman–Crippen LogP) is 5.26. The summed E-state index contributed by atoms with van der Waals surface area (Å²) in [4.78, 5) is 20.2. The highest BCUT2D eigenvalue weighted by Gasteiger charge is 2.20. The summed E-state index contributed by atoms with van der Waals surface area (Å²) in [5.41, 5.74) is 3.78. The van der Waals surface area contributed by atoms with Crippen LogP contribution in [-0.4, -0.2) is 28.5 Å². The van der Waals surface area contributed by atoms with Crippen molar-refractivity contribution in [3.63, 3.8) is 0 Å². The molecule has 0 bridgehead atoms. The number of anilines is 1. The number of rotatable bonds is 5. The average Bonchev–Trinajstić information content (AvgIpc) is 3.31. The van der Waals surface area contributed by atoms with Gasteiger partial charge in [-0.3, -0.25) is 4.79 Å². The molecule has 0 spiro atoms. The van der Waals surface area contributed by atoms with Gasteiger partial charge in [-0.1, -0.05) is 13.0 Å². The first-order chi connectivity index (χ1) is 14.0. The van der Waals surface area contributed by atoms with E-state index in [-0.39, 0.29) is 5.91 Å². The maximum atomic E-state index is 13.0. The van der Waals surface area contributed by atoms with Gasteiger partial charge in [-0.2, -0.15) is 0 Å². The van der Waals surface area contributed by atoms with Crippen LogP contribution in [0.2, 0.25) is 0 Å². The molecule has 2 aliphatic rings. The quantitative estimate of drug-likeness (QED) is 0.545. The first-order valence-corrected chi connectivity index (χ1v) is 12.2. The molecule has 1 saturated heterocycles. The van der Waals surface area contributed by atoms with Crippen LogP contribution < -0.4 is 10.2 Å². The Labute approximate surface area is 190 Å². The van der Waals surface area contributed by atoms with Gasteiger partial charge < -0.3 is 14.8 Å². The maximum Gasteiger partial charge on any atom is 0.272 e. The van der Waals surface area contributed by atoms with Gasteiger partial charge in [-0.25, -0.2) is 4.98 Å². The zero-order valence-corrected chi connectivity index (χ0v) is 19.9. The van der Waals surface area contributed by atoms with Crippen LogP contribution in [0.3, 0.4) is 0 Å². The second-order valence-corrected chi connectivity index (χ2v) is 10.2. The number of allylic oxidation sites excluding steroid dienone is 4. The van der Waals surface area contributed by atoms with Gasteiger partial charge in [0.15, 0.2) is 5.13 Å². The number of nitrogens with zero attached hydrogens (tertiary/aromatic N) is 3. The van der Waals surface area contributed by atoms with Crippen molar-refractivity contribution in [2.75, 3.05) is 18.0 Å². The van der Waals surface area contributed by atoms with Crippen molar-refractivity contribution in [1.82, 2.24) is 14.9 Å². The lowest BCUT2D eigenvalue weighted by Crippen LogP contribution is -2.29. The highest BCUT2D eigenvalue weighted by molar-refractivity contribution is 14.1. The molecule has 2 aromatic heterocycles. The summed E-state index contributed by atoms with van der Waals surface area (Å²) in [6.45, 7) is 7.00. The monoisotopic (exact) mass is 522 g/mol. The Balaban J connectivity index is 1.48. The van der Waals surface area contributed by atoms with Crippen molar-refractivity contribution in [2.45, 2.75) is 46.1 Å². The number of thiazole rings is 1. The Morgan fingerprint density at radius 3 is 2.86 bits per heavy atom. The van der Waals surface area contributed by atoms with E-state index in [1.165, 1.54) is 22.8 Å². The predicted molar refractivity (Wildman–Crippen MR) is 128 cm³/mol. The Kier molecular flexibility index (Phi) is 6.44. The Morgan fingerprint density at radius 1 is 1.31 bits per heavy atom. The molecular formula is C22H27IN4OS. The number of hydrogen-bond donors (Lipinski definition) is 1. The molecule has 2 aromatic rings. The smallest absolute Gasteiger partial charge is 0.272 e. The van der Waals surface area contributed by atoms with Crippen LogP contribution in [0.1, 0.15) is 54.4 Å². The van der Waals surface area contributed by atoms with E-state index < -0.39 is 0 Å². The molecule has 1 aliphatic carbocycles. The van der Waals surface area contributed by atoms with Crippen LogP contribution in [-0.2, 0) is 6.54 Å². The molecule has 1 fully saturated rings. The van der Waals surface area contributed by atoms with Gasteiger partial charge in [0.25, 0.3) is 5.91 Å². The second-order valence-electron chi connectivity index (χ2n) is 7.99. The highest BCUT2D eigenvalue weighted by Crippen LogP contribution is 2.28. The lowest BCUT2D eigenvalue weighted by molar-refractivity contribution is 0.0953. The number of halogens is 1. The second kappa shape index (κ2) is 9.04. The largest absolute Gasteiger partial charge is 0.348 e. The SMILES string of the molecule is Cc1cc(C(=O)NC2=CC=C(I)CC2C)n(Cc2csc(N3CCCCC3)n2)c1. The molecule has 154 valence electrons. The number of carbonyl (C=O) groups is 1. The summed E-state index contributed by atoms with van der Waals surface area (Å²) in [6, 6.07) is 1.96. The van der Waals surface area contributed by atoms with Crippen molar-refractivity contribution >= 4 is 45.0 Å². The summed E-state index contributed by atoms with van der Waals surface area (Å²) in [6.07, 6.45) is 10.9. The molecule has 3 heterocycles. The van der Waals surface area contributed by atoms with E-state index >= 15 is 0 Å². The van der Waals surface area contributed by atoms with Crippen molar-refractivity contribution in [3.05, 3.63) is 56.0 Å². The van der Waals surface area contributed by atoms with Crippen LogP contribution >= 0.6 is 33.9 Å². The minimum absolute atomic E-state index is 0.0482. The van der Waals surface area contributed by atoms with Gasteiger partial charge >= 0.3 is 0 Å². The number of amides is 1. The molecule has 5 nitrogen and oxygen atoms in total. The van der Waals surface area contributed by atoms with E-state index in [0.29, 0.717) is 18.2 Å². The molecule has 4 rings (SSSR count). The normalized spacial score (nSPS) is 19.7. The lowest BCUT2D eigenvalue weighted by Gasteiger charge is -2.25. The molecule has 0 aromatic carbocycles. The molecule has 0 radical (unpaired) electrons. The van der Waals surface area contributed by atoms with Crippen LogP contribution in [0.15, 0.2) is 39.1 Å². The highest BCUT2D eigenvalue weighted by atomic mass is 127. The number of piperidine rings is 1. The zero-order chi connectivity index (χ0) is 20.4.